The summed E-state index contributed by atoms with van der Waals surface area (Å²) in [5, 5.41) is 2.49. The number of thiazole rings is 1. The highest BCUT2D eigenvalue weighted by molar-refractivity contribution is 7.09. The Morgan fingerprint density at radius 2 is 2.04 bits per heavy atom. The second-order valence-corrected chi connectivity index (χ2v) is 8.28. The Balaban J connectivity index is 1.52. The third kappa shape index (κ3) is 3.74. The molecule has 0 bridgehead atoms. The van der Waals surface area contributed by atoms with Crippen LogP contribution in [-0.2, 0) is 16.1 Å². The van der Waals surface area contributed by atoms with Gasteiger partial charge in [-0.25, -0.2) is 4.98 Å². The summed E-state index contributed by atoms with van der Waals surface area (Å²) >= 11 is 1.39. The average Bonchev–Trinajstić information content (AvgIpc) is 3.11. The van der Waals surface area contributed by atoms with Crippen LogP contribution in [0.15, 0.2) is 23.6 Å². The summed E-state index contributed by atoms with van der Waals surface area (Å²) < 4.78 is 11.2. The summed E-state index contributed by atoms with van der Waals surface area (Å²) in [5.74, 6) is 0.486. The van der Waals surface area contributed by atoms with Gasteiger partial charge in [0.15, 0.2) is 6.61 Å². The number of amides is 2. The molecule has 0 N–H and O–H groups in total. The van der Waals surface area contributed by atoms with Gasteiger partial charge < -0.3 is 14.4 Å². The highest BCUT2D eigenvalue weighted by Gasteiger charge is 2.29. The molecule has 0 radical (unpaired) electrons. The molecule has 0 spiro atoms. The maximum atomic E-state index is 12.8. The third-order valence-electron chi connectivity index (χ3n) is 4.83. The summed E-state index contributed by atoms with van der Waals surface area (Å²) in [7, 11) is 0. The van der Waals surface area contributed by atoms with Gasteiger partial charge in [-0.2, -0.15) is 0 Å². The van der Waals surface area contributed by atoms with Crippen molar-refractivity contribution in [3.63, 3.8) is 0 Å². The lowest BCUT2D eigenvalue weighted by atomic mass is 10.1. The lowest BCUT2D eigenvalue weighted by molar-refractivity contribution is -0.121. The molecule has 2 amide bonds. The number of fused-ring (bicyclic) bond motifs is 1. The van der Waals surface area contributed by atoms with Crippen LogP contribution in [0.3, 0.4) is 0 Å². The van der Waals surface area contributed by atoms with Crippen LogP contribution < -0.4 is 9.64 Å². The van der Waals surface area contributed by atoms with E-state index in [-0.39, 0.29) is 30.6 Å². The zero-order chi connectivity index (χ0) is 19.8. The van der Waals surface area contributed by atoms with Crippen molar-refractivity contribution < 1.29 is 19.1 Å². The van der Waals surface area contributed by atoms with Gasteiger partial charge in [-0.05, 0) is 38.5 Å². The van der Waals surface area contributed by atoms with Gasteiger partial charge in [-0.3, -0.25) is 14.5 Å². The molecule has 0 unspecified atom stereocenters. The van der Waals surface area contributed by atoms with Crippen molar-refractivity contribution in [2.24, 2.45) is 0 Å². The van der Waals surface area contributed by atoms with Crippen molar-refractivity contribution in [2.45, 2.75) is 39.5 Å². The molecule has 7 nitrogen and oxygen atoms in total. The molecule has 1 aromatic heterocycles. The van der Waals surface area contributed by atoms with Gasteiger partial charge in [-0.15, -0.1) is 11.3 Å². The number of morpholine rings is 1. The van der Waals surface area contributed by atoms with Crippen LogP contribution in [0.2, 0.25) is 0 Å². The van der Waals surface area contributed by atoms with Crippen molar-refractivity contribution in [3.8, 4) is 5.75 Å². The highest BCUT2D eigenvalue weighted by Crippen LogP contribution is 2.34. The van der Waals surface area contributed by atoms with Crippen LogP contribution in [0.25, 0.3) is 0 Å². The predicted molar refractivity (Wildman–Crippen MR) is 106 cm³/mol. The number of hydrogen-bond acceptors (Lipinski definition) is 6. The topological polar surface area (TPSA) is 72.0 Å². The van der Waals surface area contributed by atoms with Crippen LogP contribution in [-0.4, -0.2) is 53.6 Å². The van der Waals surface area contributed by atoms with E-state index in [4.69, 9.17) is 9.47 Å². The summed E-state index contributed by atoms with van der Waals surface area (Å²) in [4.78, 5) is 33.2. The minimum Gasteiger partial charge on any atom is -0.482 e. The summed E-state index contributed by atoms with van der Waals surface area (Å²) in [6, 6.07) is 5.77. The standard InChI is InChI=1S/C20H23N3O4S/c1-12-4-5-17-16(6-12)23(19(24)10-26-17)9-18-21-15(11-28-18)20(25)22-7-13(2)27-14(3)8-22/h4-6,11,13-14H,7-10H2,1-3H3/t13-,14+. The van der Waals surface area contributed by atoms with Crippen LogP contribution in [0.4, 0.5) is 5.69 Å². The molecular weight excluding hydrogens is 378 g/mol. The van der Waals surface area contributed by atoms with Crippen molar-refractivity contribution in [1.29, 1.82) is 0 Å². The van der Waals surface area contributed by atoms with Gasteiger partial charge >= 0.3 is 0 Å². The van der Waals surface area contributed by atoms with E-state index < -0.39 is 0 Å². The summed E-state index contributed by atoms with van der Waals surface area (Å²) in [5.41, 5.74) is 2.22. The quantitative estimate of drug-likeness (QED) is 0.791. The van der Waals surface area contributed by atoms with E-state index >= 15 is 0 Å². The predicted octanol–water partition coefficient (Wildman–Crippen LogP) is 2.63. The molecule has 2 aliphatic rings. The Bertz CT molecular complexity index is 903. The first-order chi connectivity index (χ1) is 13.4. The molecule has 0 saturated carbocycles. The van der Waals surface area contributed by atoms with Crippen molar-refractivity contribution in [1.82, 2.24) is 9.88 Å². The second-order valence-electron chi connectivity index (χ2n) is 7.33. The summed E-state index contributed by atoms with van der Waals surface area (Å²) in [6.07, 6.45) is 0.0213. The number of anilines is 1. The number of aryl methyl sites for hydroxylation is 1. The van der Waals surface area contributed by atoms with E-state index in [1.807, 2.05) is 39.0 Å². The molecule has 2 aromatic rings. The Labute approximate surface area is 167 Å². The number of ether oxygens (including phenoxy) is 2. The number of rotatable bonds is 3. The fourth-order valence-electron chi connectivity index (χ4n) is 3.61. The minimum atomic E-state index is -0.114. The zero-order valence-corrected chi connectivity index (χ0v) is 17.0. The molecular formula is C20H23N3O4S. The molecule has 28 heavy (non-hydrogen) atoms. The molecule has 8 heteroatoms. The molecule has 3 heterocycles. The number of hydrogen-bond donors (Lipinski definition) is 0. The van der Waals surface area contributed by atoms with Gasteiger partial charge in [0.05, 0.1) is 24.4 Å². The Morgan fingerprint density at radius 3 is 2.79 bits per heavy atom. The van der Waals surface area contributed by atoms with E-state index in [9.17, 15) is 9.59 Å². The number of carbonyl (C=O) groups excluding carboxylic acids is 2. The van der Waals surface area contributed by atoms with Gasteiger partial charge in [0.1, 0.15) is 16.5 Å². The van der Waals surface area contributed by atoms with Crippen LogP contribution in [0, 0.1) is 6.92 Å². The monoisotopic (exact) mass is 401 g/mol. The summed E-state index contributed by atoms with van der Waals surface area (Å²) in [6.45, 7) is 7.36. The average molecular weight is 401 g/mol. The van der Waals surface area contributed by atoms with Crippen molar-refractivity contribution in [3.05, 3.63) is 39.8 Å². The fraction of sp³-hybridized carbons (Fsp3) is 0.450. The SMILES string of the molecule is Cc1ccc2c(c1)N(Cc1nc(C(=O)N3C[C@@H](C)O[C@@H](C)C3)cs1)C(=O)CO2. The maximum absolute atomic E-state index is 12.8. The lowest BCUT2D eigenvalue weighted by Crippen LogP contribution is -2.48. The molecule has 1 fully saturated rings. The Hall–Kier alpha value is -2.45. The first-order valence-corrected chi connectivity index (χ1v) is 10.2. The van der Waals surface area contributed by atoms with E-state index in [0.29, 0.717) is 31.1 Å². The fourth-order valence-corrected chi connectivity index (χ4v) is 4.36. The molecule has 1 saturated heterocycles. The molecule has 1 aromatic carbocycles. The molecule has 148 valence electrons. The van der Waals surface area contributed by atoms with Crippen LogP contribution >= 0.6 is 11.3 Å². The van der Waals surface area contributed by atoms with Crippen LogP contribution in [0.1, 0.15) is 34.9 Å². The highest BCUT2D eigenvalue weighted by atomic mass is 32.1. The lowest BCUT2D eigenvalue weighted by Gasteiger charge is -2.34. The third-order valence-corrected chi connectivity index (χ3v) is 5.66. The second kappa shape index (κ2) is 7.52. The van der Waals surface area contributed by atoms with Gasteiger partial charge in [0.2, 0.25) is 0 Å². The largest absolute Gasteiger partial charge is 0.482 e. The van der Waals surface area contributed by atoms with E-state index in [0.717, 1.165) is 16.3 Å². The smallest absolute Gasteiger partial charge is 0.273 e. The van der Waals surface area contributed by atoms with Gasteiger partial charge in [0, 0.05) is 18.5 Å². The number of benzene rings is 1. The number of carbonyl (C=O) groups is 2. The normalized spacial score (nSPS) is 22.0. The van der Waals surface area contributed by atoms with E-state index in [2.05, 4.69) is 4.98 Å². The number of aromatic nitrogens is 1. The van der Waals surface area contributed by atoms with Crippen LogP contribution in [0.5, 0.6) is 5.75 Å². The minimum absolute atomic E-state index is 0.0107. The first-order valence-electron chi connectivity index (χ1n) is 9.33. The zero-order valence-electron chi connectivity index (χ0n) is 16.2. The van der Waals surface area contributed by atoms with E-state index in [1.54, 1.807) is 15.2 Å². The van der Waals surface area contributed by atoms with E-state index in [1.165, 1.54) is 11.3 Å². The number of nitrogens with zero attached hydrogens (tertiary/aromatic N) is 3. The molecule has 2 atom stereocenters. The molecule has 4 rings (SSSR count). The molecule has 0 aliphatic carbocycles. The van der Waals surface area contributed by atoms with Crippen molar-refractivity contribution in [2.75, 3.05) is 24.6 Å². The van der Waals surface area contributed by atoms with Crippen molar-refractivity contribution >= 4 is 28.8 Å². The van der Waals surface area contributed by atoms with Gasteiger partial charge in [-0.1, -0.05) is 6.07 Å². The first kappa shape index (κ1) is 18.9. The molecule has 2 aliphatic heterocycles. The van der Waals surface area contributed by atoms with Gasteiger partial charge in [0.25, 0.3) is 11.8 Å². The maximum Gasteiger partial charge on any atom is 0.273 e. The Morgan fingerprint density at radius 1 is 1.29 bits per heavy atom. The Kier molecular flexibility index (Phi) is 5.07.